The summed E-state index contributed by atoms with van der Waals surface area (Å²) in [7, 11) is 3.38. The van der Waals surface area contributed by atoms with Crippen molar-refractivity contribution in [1.82, 2.24) is 4.90 Å². The van der Waals surface area contributed by atoms with Crippen molar-refractivity contribution in [1.29, 1.82) is 0 Å². The van der Waals surface area contributed by atoms with Crippen molar-refractivity contribution in [2.75, 3.05) is 40.5 Å². The van der Waals surface area contributed by atoms with Gasteiger partial charge in [-0.3, -0.25) is 4.90 Å². The van der Waals surface area contributed by atoms with Gasteiger partial charge in [0, 0.05) is 25.8 Å². The van der Waals surface area contributed by atoms with E-state index in [0.717, 1.165) is 43.1 Å². The maximum Gasteiger partial charge on any atom is 0.160 e. The van der Waals surface area contributed by atoms with E-state index < -0.39 is 0 Å². The fraction of sp³-hybridized carbons (Fsp3) is 0.667. The van der Waals surface area contributed by atoms with E-state index in [-0.39, 0.29) is 0 Å². The number of nitrogens with zero attached hydrogens (tertiary/aromatic N) is 1. The maximum absolute atomic E-state index is 5.48. The summed E-state index contributed by atoms with van der Waals surface area (Å²) < 4.78 is 16.2. The smallest absolute Gasteiger partial charge is 0.160 e. The van der Waals surface area contributed by atoms with Crippen molar-refractivity contribution in [3.05, 3.63) is 23.8 Å². The third-order valence-corrected chi connectivity index (χ3v) is 5.00. The van der Waals surface area contributed by atoms with Crippen LogP contribution in [0, 0.1) is 5.92 Å². The van der Waals surface area contributed by atoms with E-state index >= 15 is 0 Å². The highest BCUT2D eigenvalue weighted by Crippen LogP contribution is 2.31. The minimum Gasteiger partial charge on any atom is -0.493 e. The van der Waals surface area contributed by atoms with E-state index in [1.807, 2.05) is 6.07 Å². The molecular weight excluding hydrogens is 278 g/mol. The van der Waals surface area contributed by atoms with Gasteiger partial charge in [-0.05, 0) is 55.8 Å². The van der Waals surface area contributed by atoms with Gasteiger partial charge < -0.3 is 14.2 Å². The summed E-state index contributed by atoms with van der Waals surface area (Å²) in [6, 6.07) is 7.04. The summed E-state index contributed by atoms with van der Waals surface area (Å²) in [5, 5.41) is 0. The summed E-state index contributed by atoms with van der Waals surface area (Å²) in [6.07, 6.45) is 4.82. The standard InChI is InChI=1S/C18H27NO3/c1-20-17-4-3-14(12-18(17)21-2)11-15-5-8-19(13-15)16-6-9-22-10-7-16/h3-4,12,15-16H,5-11,13H2,1-2H3. The summed E-state index contributed by atoms with van der Waals surface area (Å²) in [4.78, 5) is 2.67. The predicted molar refractivity (Wildman–Crippen MR) is 86.8 cm³/mol. The first-order chi connectivity index (χ1) is 10.8. The molecule has 0 bridgehead atoms. The van der Waals surface area contributed by atoms with Crippen LogP contribution in [0.2, 0.25) is 0 Å². The molecule has 2 saturated heterocycles. The Labute approximate surface area is 133 Å². The molecule has 2 aliphatic rings. The zero-order valence-corrected chi connectivity index (χ0v) is 13.7. The predicted octanol–water partition coefficient (Wildman–Crippen LogP) is 2.75. The molecule has 0 N–H and O–H groups in total. The van der Waals surface area contributed by atoms with Crippen molar-refractivity contribution >= 4 is 0 Å². The largest absolute Gasteiger partial charge is 0.493 e. The van der Waals surface area contributed by atoms with Gasteiger partial charge in [0.1, 0.15) is 0 Å². The molecule has 4 heteroatoms. The Kier molecular flexibility index (Phi) is 5.21. The van der Waals surface area contributed by atoms with Gasteiger partial charge in [-0.25, -0.2) is 0 Å². The summed E-state index contributed by atoms with van der Waals surface area (Å²) in [6.45, 7) is 4.32. The second-order valence-corrected chi connectivity index (χ2v) is 6.39. The van der Waals surface area contributed by atoms with Gasteiger partial charge in [-0.15, -0.1) is 0 Å². The van der Waals surface area contributed by atoms with Crippen LogP contribution >= 0.6 is 0 Å². The van der Waals surface area contributed by atoms with Gasteiger partial charge >= 0.3 is 0 Å². The Morgan fingerprint density at radius 3 is 2.59 bits per heavy atom. The lowest BCUT2D eigenvalue weighted by molar-refractivity contribution is 0.0411. The second kappa shape index (κ2) is 7.34. The van der Waals surface area contributed by atoms with Crippen molar-refractivity contribution in [3.63, 3.8) is 0 Å². The van der Waals surface area contributed by atoms with Crippen LogP contribution < -0.4 is 9.47 Å². The number of likely N-dealkylation sites (tertiary alicyclic amines) is 1. The molecule has 1 aromatic rings. The van der Waals surface area contributed by atoms with Crippen LogP contribution in [0.4, 0.5) is 0 Å². The summed E-state index contributed by atoms with van der Waals surface area (Å²) in [5.74, 6) is 2.39. The molecule has 0 aliphatic carbocycles. The SMILES string of the molecule is COc1ccc(CC2CCN(C3CCOCC3)C2)cc1OC. The molecule has 0 radical (unpaired) electrons. The van der Waals surface area contributed by atoms with Crippen LogP contribution in [-0.4, -0.2) is 51.5 Å². The summed E-state index contributed by atoms with van der Waals surface area (Å²) >= 11 is 0. The number of rotatable bonds is 5. The van der Waals surface area contributed by atoms with Crippen molar-refractivity contribution in [3.8, 4) is 11.5 Å². The molecule has 1 atom stereocenters. The molecule has 2 heterocycles. The van der Waals surface area contributed by atoms with Crippen LogP contribution in [0.25, 0.3) is 0 Å². The molecule has 2 aliphatic heterocycles. The first kappa shape index (κ1) is 15.6. The highest BCUT2D eigenvalue weighted by Gasteiger charge is 2.29. The zero-order chi connectivity index (χ0) is 15.4. The third kappa shape index (κ3) is 3.55. The fourth-order valence-corrected chi connectivity index (χ4v) is 3.75. The van der Waals surface area contributed by atoms with Gasteiger partial charge in [0.25, 0.3) is 0 Å². The number of hydrogen-bond donors (Lipinski definition) is 0. The molecule has 0 spiro atoms. The summed E-state index contributed by atoms with van der Waals surface area (Å²) in [5.41, 5.74) is 1.34. The average molecular weight is 305 g/mol. The quantitative estimate of drug-likeness (QED) is 0.837. The van der Waals surface area contributed by atoms with Crippen molar-refractivity contribution in [2.45, 2.75) is 31.7 Å². The Bertz CT molecular complexity index is 485. The van der Waals surface area contributed by atoms with E-state index in [0.29, 0.717) is 0 Å². The van der Waals surface area contributed by atoms with E-state index in [2.05, 4.69) is 17.0 Å². The first-order valence-electron chi connectivity index (χ1n) is 8.33. The van der Waals surface area contributed by atoms with Crippen LogP contribution in [0.15, 0.2) is 18.2 Å². The van der Waals surface area contributed by atoms with Crippen LogP contribution in [0.5, 0.6) is 11.5 Å². The van der Waals surface area contributed by atoms with Crippen LogP contribution in [0.3, 0.4) is 0 Å². The molecular formula is C18H27NO3. The van der Waals surface area contributed by atoms with E-state index in [9.17, 15) is 0 Å². The third-order valence-electron chi connectivity index (χ3n) is 5.00. The molecule has 1 unspecified atom stereocenters. The minimum atomic E-state index is 0.740. The first-order valence-corrected chi connectivity index (χ1v) is 8.33. The molecule has 1 aromatic carbocycles. The minimum absolute atomic E-state index is 0.740. The van der Waals surface area contributed by atoms with Crippen molar-refractivity contribution < 1.29 is 14.2 Å². The van der Waals surface area contributed by atoms with Gasteiger partial charge in [0.05, 0.1) is 14.2 Å². The molecule has 3 rings (SSSR count). The van der Waals surface area contributed by atoms with Gasteiger partial charge in [0.2, 0.25) is 0 Å². The van der Waals surface area contributed by atoms with Crippen molar-refractivity contribution in [2.24, 2.45) is 5.92 Å². The molecule has 0 aromatic heterocycles. The van der Waals surface area contributed by atoms with Gasteiger partial charge in [-0.1, -0.05) is 6.07 Å². The Balaban J connectivity index is 1.57. The molecule has 122 valence electrons. The number of ether oxygens (including phenoxy) is 3. The molecule has 4 nitrogen and oxygen atoms in total. The Morgan fingerprint density at radius 1 is 1.09 bits per heavy atom. The Morgan fingerprint density at radius 2 is 1.86 bits per heavy atom. The highest BCUT2D eigenvalue weighted by molar-refractivity contribution is 5.43. The van der Waals surface area contributed by atoms with Crippen LogP contribution in [-0.2, 0) is 11.2 Å². The Hall–Kier alpha value is -1.26. The molecule has 0 saturated carbocycles. The van der Waals surface area contributed by atoms with Crippen LogP contribution in [0.1, 0.15) is 24.8 Å². The lowest BCUT2D eigenvalue weighted by Crippen LogP contribution is -2.37. The molecule has 2 fully saturated rings. The van der Waals surface area contributed by atoms with Gasteiger partial charge in [-0.2, -0.15) is 0 Å². The fourth-order valence-electron chi connectivity index (χ4n) is 3.75. The van der Waals surface area contributed by atoms with E-state index in [1.54, 1.807) is 14.2 Å². The average Bonchev–Trinajstić information content (AvgIpc) is 3.04. The maximum atomic E-state index is 5.48. The van der Waals surface area contributed by atoms with E-state index in [1.165, 1.54) is 37.9 Å². The number of benzene rings is 1. The number of hydrogen-bond acceptors (Lipinski definition) is 4. The molecule has 0 amide bonds. The highest BCUT2D eigenvalue weighted by atomic mass is 16.5. The monoisotopic (exact) mass is 305 g/mol. The normalized spacial score (nSPS) is 23.6. The zero-order valence-electron chi connectivity index (χ0n) is 13.7. The lowest BCUT2D eigenvalue weighted by atomic mass is 9.98. The van der Waals surface area contributed by atoms with E-state index in [4.69, 9.17) is 14.2 Å². The topological polar surface area (TPSA) is 30.9 Å². The number of methoxy groups -OCH3 is 2. The lowest BCUT2D eigenvalue weighted by Gasteiger charge is -2.31. The second-order valence-electron chi connectivity index (χ2n) is 6.39. The molecule has 22 heavy (non-hydrogen) atoms. The van der Waals surface area contributed by atoms with Gasteiger partial charge in [0.15, 0.2) is 11.5 Å².